The van der Waals surface area contributed by atoms with Gasteiger partial charge in [-0.25, -0.2) is 0 Å². The van der Waals surface area contributed by atoms with Crippen LogP contribution in [0.1, 0.15) is 47.2 Å². The number of aliphatic hydroxyl groups is 1. The minimum Gasteiger partial charge on any atom is -0.507 e. The summed E-state index contributed by atoms with van der Waals surface area (Å²) < 4.78 is 12.3. The predicted octanol–water partition coefficient (Wildman–Crippen LogP) is 8.79. The number of rotatable bonds is 12. The lowest BCUT2D eigenvalue weighted by molar-refractivity contribution is -0.132. The molecule has 5 aromatic rings. The van der Waals surface area contributed by atoms with Gasteiger partial charge in [-0.3, -0.25) is 14.5 Å². The van der Waals surface area contributed by atoms with Crippen molar-refractivity contribution in [1.82, 2.24) is 10.2 Å². The van der Waals surface area contributed by atoms with Crippen LogP contribution in [0.15, 0.2) is 107 Å². The van der Waals surface area contributed by atoms with Crippen molar-refractivity contribution >= 4 is 57.3 Å². The molecule has 1 aliphatic heterocycles. The molecular weight excluding hydrogens is 666 g/mol. The first-order chi connectivity index (χ1) is 23.3. The highest BCUT2D eigenvalue weighted by molar-refractivity contribution is 8.00. The van der Waals surface area contributed by atoms with Gasteiger partial charge in [0.15, 0.2) is 4.34 Å². The van der Waals surface area contributed by atoms with Gasteiger partial charge in [0.1, 0.15) is 23.9 Å². The fraction of sp³-hybridized carbons (Fsp3) is 0.189. The second-order valence-electron chi connectivity index (χ2n) is 11.2. The minimum atomic E-state index is -0.940. The Bertz CT molecular complexity index is 1940. The number of halogens is 1. The van der Waals surface area contributed by atoms with E-state index in [0.29, 0.717) is 51.0 Å². The lowest BCUT2D eigenvalue weighted by Crippen LogP contribution is -2.29. The molecule has 1 unspecified atom stereocenters. The van der Waals surface area contributed by atoms with E-state index in [2.05, 4.69) is 16.3 Å². The Labute approximate surface area is 292 Å². The molecule has 8 nitrogen and oxygen atoms in total. The Balaban J connectivity index is 1.30. The zero-order valence-corrected chi connectivity index (χ0v) is 28.6. The molecular formula is C37H32ClN3O5S2. The molecule has 1 aromatic heterocycles. The highest BCUT2D eigenvalue weighted by Gasteiger charge is 2.48. The first kappa shape index (κ1) is 33.3. The van der Waals surface area contributed by atoms with Crippen LogP contribution in [0.25, 0.3) is 5.76 Å². The Kier molecular flexibility index (Phi) is 10.4. The number of ether oxygens (including phenoxy) is 2. The number of hydrogen-bond donors (Lipinski definition) is 1. The maximum atomic E-state index is 13.7. The van der Waals surface area contributed by atoms with Crippen molar-refractivity contribution in [2.45, 2.75) is 43.0 Å². The van der Waals surface area contributed by atoms with Crippen molar-refractivity contribution in [1.29, 1.82) is 0 Å². The first-order valence-electron chi connectivity index (χ1n) is 15.3. The van der Waals surface area contributed by atoms with Gasteiger partial charge in [-0.05, 0) is 78.6 Å². The lowest BCUT2D eigenvalue weighted by Gasteiger charge is -2.22. The minimum absolute atomic E-state index is 0.0405. The van der Waals surface area contributed by atoms with Gasteiger partial charge >= 0.3 is 5.91 Å². The highest BCUT2D eigenvalue weighted by atomic mass is 35.5. The molecule has 1 saturated heterocycles. The summed E-state index contributed by atoms with van der Waals surface area (Å²) in [6.07, 6.45) is 0.854. The molecule has 244 valence electrons. The maximum Gasteiger partial charge on any atom is 0.301 e. The summed E-state index contributed by atoms with van der Waals surface area (Å²) in [4.78, 5) is 28.7. The third-order valence-electron chi connectivity index (χ3n) is 7.61. The van der Waals surface area contributed by atoms with E-state index in [9.17, 15) is 14.7 Å². The smallest absolute Gasteiger partial charge is 0.301 e. The quantitative estimate of drug-likeness (QED) is 0.0454. The lowest BCUT2D eigenvalue weighted by atomic mass is 9.95. The van der Waals surface area contributed by atoms with Gasteiger partial charge < -0.3 is 14.6 Å². The molecule has 0 saturated carbocycles. The van der Waals surface area contributed by atoms with Crippen LogP contribution in [0.5, 0.6) is 11.5 Å². The van der Waals surface area contributed by atoms with E-state index in [1.54, 1.807) is 48.5 Å². The number of thioether (sulfide) groups is 1. The van der Waals surface area contributed by atoms with Crippen molar-refractivity contribution in [3.63, 3.8) is 0 Å². The van der Waals surface area contributed by atoms with Gasteiger partial charge in [0, 0.05) is 16.3 Å². The number of anilines is 1. The Morgan fingerprint density at radius 1 is 0.917 bits per heavy atom. The van der Waals surface area contributed by atoms with E-state index >= 15 is 0 Å². The number of Topliss-reactive ketones (excluding diaryl/α,β-unsaturated/α-hetero) is 1. The van der Waals surface area contributed by atoms with E-state index < -0.39 is 17.7 Å². The predicted molar refractivity (Wildman–Crippen MR) is 190 cm³/mol. The molecule has 1 amide bonds. The summed E-state index contributed by atoms with van der Waals surface area (Å²) in [6.45, 7) is 4.99. The molecule has 0 radical (unpaired) electrons. The molecule has 0 spiro atoms. The van der Waals surface area contributed by atoms with Crippen LogP contribution < -0.4 is 14.4 Å². The standard InChI is InChI=1S/C37H32ClN3O5S2/c1-3-19-45-29-15-9-26(10-16-29)32-31(33(42)27-11-17-30(18-12-27)46-21-25-6-4-5-23(2)20-25)34(43)35(44)41(32)36-39-40-37(48-36)47-22-24-7-13-28(38)14-8-24/h4-18,20,32,42H,3,19,21-22H2,1-2H3/b33-31+. The maximum absolute atomic E-state index is 13.7. The number of hydrogen-bond acceptors (Lipinski definition) is 9. The van der Waals surface area contributed by atoms with Crippen LogP contribution in [-0.4, -0.2) is 33.6 Å². The fourth-order valence-corrected chi connectivity index (χ4v) is 7.18. The number of carbonyl (C=O) groups excluding carboxylic acids is 2. The number of aryl methyl sites for hydroxylation is 1. The van der Waals surface area contributed by atoms with Crippen LogP contribution in [0.4, 0.5) is 5.13 Å². The number of amides is 1. The molecule has 1 fully saturated rings. The monoisotopic (exact) mass is 697 g/mol. The second kappa shape index (κ2) is 15.1. The van der Waals surface area contributed by atoms with E-state index in [-0.39, 0.29) is 16.5 Å². The van der Waals surface area contributed by atoms with E-state index in [4.69, 9.17) is 21.1 Å². The van der Waals surface area contributed by atoms with Crippen LogP contribution in [0.2, 0.25) is 5.02 Å². The van der Waals surface area contributed by atoms with E-state index in [0.717, 1.165) is 23.1 Å². The molecule has 1 N–H and O–H groups in total. The Hall–Kier alpha value is -4.64. The Morgan fingerprint density at radius 2 is 1.62 bits per heavy atom. The number of nitrogens with zero attached hydrogens (tertiary/aromatic N) is 3. The molecule has 11 heteroatoms. The zero-order chi connectivity index (χ0) is 33.6. The number of carbonyl (C=O) groups is 2. The molecule has 1 atom stereocenters. The molecule has 6 rings (SSSR count). The van der Waals surface area contributed by atoms with Crippen LogP contribution >= 0.6 is 34.7 Å². The summed E-state index contributed by atoms with van der Waals surface area (Å²) in [7, 11) is 0. The van der Waals surface area contributed by atoms with Gasteiger partial charge in [0.2, 0.25) is 5.13 Å². The van der Waals surface area contributed by atoms with Crippen LogP contribution in [-0.2, 0) is 21.9 Å². The van der Waals surface area contributed by atoms with Gasteiger partial charge in [-0.1, -0.05) is 95.7 Å². The molecule has 2 heterocycles. The van der Waals surface area contributed by atoms with E-state index in [1.807, 2.05) is 56.3 Å². The fourth-order valence-electron chi connectivity index (χ4n) is 5.23. The molecule has 0 aliphatic carbocycles. The SMILES string of the molecule is CCCOc1ccc(C2/C(=C(\O)c3ccc(OCc4cccc(C)c4)cc3)C(=O)C(=O)N2c2nnc(SCc3ccc(Cl)cc3)s2)cc1. The van der Waals surface area contributed by atoms with Gasteiger partial charge in [0.25, 0.3) is 5.78 Å². The van der Waals surface area contributed by atoms with Crippen LogP contribution in [0, 0.1) is 6.92 Å². The molecule has 0 bridgehead atoms. The number of aromatic nitrogens is 2. The number of aliphatic hydroxyl groups excluding tert-OH is 1. The first-order valence-corrected chi connectivity index (χ1v) is 17.5. The Morgan fingerprint density at radius 3 is 2.33 bits per heavy atom. The zero-order valence-electron chi connectivity index (χ0n) is 26.3. The topological polar surface area (TPSA) is 102 Å². The van der Waals surface area contributed by atoms with Crippen molar-refractivity contribution in [2.75, 3.05) is 11.5 Å². The van der Waals surface area contributed by atoms with Crippen molar-refractivity contribution in [3.05, 3.63) is 135 Å². The molecule has 48 heavy (non-hydrogen) atoms. The van der Waals surface area contributed by atoms with Crippen molar-refractivity contribution < 1.29 is 24.2 Å². The van der Waals surface area contributed by atoms with Gasteiger partial charge in [-0.15, -0.1) is 10.2 Å². The summed E-state index contributed by atoms with van der Waals surface area (Å²) in [5.74, 6) is -0.0107. The van der Waals surface area contributed by atoms with Crippen molar-refractivity contribution in [3.8, 4) is 11.5 Å². The average Bonchev–Trinajstić information content (AvgIpc) is 3.67. The average molecular weight is 698 g/mol. The molecule has 1 aliphatic rings. The van der Waals surface area contributed by atoms with Crippen LogP contribution in [0.3, 0.4) is 0 Å². The highest BCUT2D eigenvalue weighted by Crippen LogP contribution is 2.44. The third-order valence-corrected chi connectivity index (χ3v) is 9.99. The van der Waals surface area contributed by atoms with Crippen molar-refractivity contribution in [2.24, 2.45) is 0 Å². The summed E-state index contributed by atoms with van der Waals surface area (Å²) in [5, 5.41) is 21.1. The second-order valence-corrected chi connectivity index (χ2v) is 13.8. The van der Waals surface area contributed by atoms with E-state index in [1.165, 1.54) is 28.0 Å². The third kappa shape index (κ3) is 7.57. The largest absolute Gasteiger partial charge is 0.507 e. The van der Waals surface area contributed by atoms with Gasteiger partial charge in [0.05, 0.1) is 18.2 Å². The number of benzene rings is 4. The summed E-state index contributed by atoms with van der Waals surface area (Å²) in [5.41, 5.74) is 4.19. The molecule has 4 aromatic carbocycles. The summed E-state index contributed by atoms with van der Waals surface area (Å²) in [6, 6.07) is 28.6. The normalized spacial score (nSPS) is 15.6. The summed E-state index contributed by atoms with van der Waals surface area (Å²) >= 11 is 8.69. The number of ketones is 1. The van der Waals surface area contributed by atoms with Gasteiger partial charge in [-0.2, -0.15) is 0 Å².